The third-order valence-corrected chi connectivity index (χ3v) is 6.55. The van der Waals surface area contributed by atoms with Crippen molar-refractivity contribution in [3.05, 3.63) is 53.6 Å². The van der Waals surface area contributed by atoms with Crippen molar-refractivity contribution in [1.29, 1.82) is 0 Å². The van der Waals surface area contributed by atoms with Crippen LogP contribution in [0.15, 0.2) is 47.4 Å². The predicted molar refractivity (Wildman–Crippen MR) is 107 cm³/mol. The second-order valence-electron chi connectivity index (χ2n) is 7.21. The molecule has 148 valence electrons. The molecule has 1 saturated carbocycles. The Morgan fingerprint density at radius 1 is 1.18 bits per heavy atom. The van der Waals surface area contributed by atoms with Crippen LogP contribution in [-0.2, 0) is 27.8 Å². The van der Waals surface area contributed by atoms with Crippen LogP contribution in [0.4, 0.5) is 5.69 Å². The lowest BCUT2D eigenvalue weighted by atomic mass is 10.2. The van der Waals surface area contributed by atoms with Gasteiger partial charge in [0.25, 0.3) is 0 Å². The zero-order valence-corrected chi connectivity index (χ0v) is 16.7. The summed E-state index contributed by atoms with van der Waals surface area (Å²) >= 11 is 0. The van der Waals surface area contributed by atoms with Crippen molar-refractivity contribution in [1.82, 2.24) is 4.72 Å². The molecule has 2 aromatic rings. The zero-order valence-electron chi connectivity index (χ0n) is 15.8. The number of fused-ring (bicyclic) bond motifs is 1. The second-order valence-corrected chi connectivity index (χ2v) is 8.97. The number of hydrogen-bond acceptors (Lipinski definition) is 4. The molecule has 1 aliphatic carbocycles. The normalized spacial score (nSPS) is 16.1. The van der Waals surface area contributed by atoms with Gasteiger partial charge in [-0.2, -0.15) is 0 Å². The van der Waals surface area contributed by atoms with Gasteiger partial charge in [-0.25, -0.2) is 13.1 Å². The van der Waals surface area contributed by atoms with E-state index in [4.69, 9.17) is 4.74 Å². The van der Waals surface area contributed by atoms with Gasteiger partial charge in [-0.15, -0.1) is 0 Å². The standard InChI is InChI=1S/C21H24N2O4S/c1-2-27-18-7-3-15(4-8-18)14-22-28(25,26)19-9-10-20-17(13-19)11-12-23(20)21(24)16-5-6-16/h3-4,7-10,13,16,22H,2,5-6,11-12,14H2,1H3. The van der Waals surface area contributed by atoms with Gasteiger partial charge >= 0.3 is 0 Å². The third-order valence-electron chi connectivity index (χ3n) is 5.15. The number of anilines is 1. The number of nitrogens with zero attached hydrogens (tertiary/aromatic N) is 1. The number of benzene rings is 2. The molecule has 28 heavy (non-hydrogen) atoms. The maximum Gasteiger partial charge on any atom is 0.240 e. The Hall–Kier alpha value is -2.38. The molecule has 7 heteroatoms. The summed E-state index contributed by atoms with van der Waals surface area (Å²) in [6, 6.07) is 12.4. The maximum absolute atomic E-state index is 12.7. The van der Waals surface area contributed by atoms with Gasteiger partial charge < -0.3 is 9.64 Å². The fraction of sp³-hybridized carbons (Fsp3) is 0.381. The summed E-state index contributed by atoms with van der Waals surface area (Å²) < 4.78 is 33.4. The molecule has 4 rings (SSSR count). The molecule has 0 radical (unpaired) electrons. The largest absolute Gasteiger partial charge is 0.494 e. The van der Waals surface area contributed by atoms with E-state index in [1.165, 1.54) is 0 Å². The van der Waals surface area contributed by atoms with Crippen LogP contribution in [0, 0.1) is 5.92 Å². The highest BCUT2D eigenvalue weighted by Gasteiger charge is 2.36. The number of rotatable bonds is 7. The lowest BCUT2D eigenvalue weighted by Crippen LogP contribution is -2.30. The lowest BCUT2D eigenvalue weighted by molar-refractivity contribution is -0.119. The molecular formula is C21H24N2O4S. The van der Waals surface area contributed by atoms with Gasteiger partial charge in [-0.1, -0.05) is 12.1 Å². The Morgan fingerprint density at radius 3 is 2.61 bits per heavy atom. The summed E-state index contributed by atoms with van der Waals surface area (Å²) in [5, 5.41) is 0. The minimum atomic E-state index is -3.63. The van der Waals surface area contributed by atoms with Crippen molar-refractivity contribution in [3.8, 4) is 5.75 Å². The first kappa shape index (κ1) is 19.0. The molecular weight excluding hydrogens is 376 g/mol. The van der Waals surface area contributed by atoms with Crippen molar-refractivity contribution < 1.29 is 17.9 Å². The number of ether oxygens (including phenoxy) is 1. The molecule has 0 spiro atoms. The highest BCUT2D eigenvalue weighted by Crippen LogP contribution is 2.37. The Labute approximate surface area is 165 Å². The summed E-state index contributed by atoms with van der Waals surface area (Å²) in [6.45, 7) is 3.35. The summed E-state index contributed by atoms with van der Waals surface area (Å²) in [5.74, 6) is 1.09. The molecule has 1 amide bonds. The Kier molecular flexibility index (Phi) is 5.12. The minimum Gasteiger partial charge on any atom is -0.494 e. The molecule has 1 heterocycles. The van der Waals surface area contributed by atoms with Gasteiger partial charge in [-0.05, 0) is 67.6 Å². The smallest absolute Gasteiger partial charge is 0.240 e. The van der Waals surface area contributed by atoms with Crippen molar-refractivity contribution in [2.75, 3.05) is 18.1 Å². The van der Waals surface area contributed by atoms with E-state index in [0.29, 0.717) is 19.6 Å². The van der Waals surface area contributed by atoms with E-state index < -0.39 is 10.0 Å². The van der Waals surface area contributed by atoms with Crippen molar-refractivity contribution >= 4 is 21.6 Å². The molecule has 0 saturated heterocycles. The summed E-state index contributed by atoms with van der Waals surface area (Å²) in [5.41, 5.74) is 2.62. The van der Waals surface area contributed by atoms with Crippen molar-refractivity contribution in [2.24, 2.45) is 5.92 Å². The van der Waals surface area contributed by atoms with Crippen LogP contribution in [0.5, 0.6) is 5.75 Å². The molecule has 0 bridgehead atoms. The zero-order chi connectivity index (χ0) is 19.7. The Bertz CT molecular complexity index is 982. The van der Waals surface area contributed by atoms with E-state index in [2.05, 4.69) is 4.72 Å². The quantitative estimate of drug-likeness (QED) is 0.775. The van der Waals surface area contributed by atoms with Crippen LogP contribution in [0.2, 0.25) is 0 Å². The monoisotopic (exact) mass is 400 g/mol. The summed E-state index contributed by atoms with van der Waals surface area (Å²) in [6.07, 6.45) is 2.62. The lowest BCUT2D eigenvalue weighted by Gasteiger charge is -2.17. The van der Waals surface area contributed by atoms with Crippen LogP contribution < -0.4 is 14.4 Å². The number of sulfonamides is 1. The number of carbonyl (C=O) groups is 1. The van der Waals surface area contributed by atoms with E-state index >= 15 is 0 Å². The first-order valence-corrected chi connectivity index (χ1v) is 11.1. The number of hydrogen-bond donors (Lipinski definition) is 1. The maximum atomic E-state index is 12.7. The van der Waals surface area contributed by atoms with E-state index in [-0.39, 0.29) is 23.3 Å². The fourth-order valence-corrected chi connectivity index (χ4v) is 4.52. The molecule has 2 aliphatic rings. The summed E-state index contributed by atoms with van der Waals surface area (Å²) in [7, 11) is -3.63. The average molecular weight is 401 g/mol. The van der Waals surface area contributed by atoms with Crippen LogP contribution in [0.1, 0.15) is 30.9 Å². The molecule has 0 unspecified atom stereocenters. The topological polar surface area (TPSA) is 75.7 Å². The van der Waals surface area contributed by atoms with Gasteiger partial charge in [0.2, 0.25) is 15.9 Å². The predicted octanol–water partition coefficient (Wildman–Crippen LogP) is 2.86. The molecule has 0 atom stereocenters. The summed E-state index contributed by atoms with van der Waals surface area (Å²) in [4.78, 5) is 14.4. The fourth-order valence-electron chi connectivity index (χ4n) is 3.46. The van der Waals surface area contributed by atoms with Gasteiger partial charge in [0.15, 0.2) is 0 Å². The van der Waals surface area contributed by atoms with Crippen LogP contribution in [0.25, 0.3) is 0 Å². The molecule has 0 aromatic heterocycles. The molecule has 1 fully saturated rings. The van der Waals surface area contributed by atoms with E-state index in [0.717, 1.165) is 35.4 Å². The minimum absolute atomic E-state index is 0.158. The van der Waals surface area contributed by atoms with Gasteiger partial charge in [0, 0.05) is 24.7 Å². The SMILES string of the molecule is CCOc1ccc(CNS(=O)(=O)c2ccc3c(c2)CCN3C(=O)C2CC2)cc1. The van der Waals surface area contributed by atoms with Gasteiger partial charge in [-0.3, -0.25) is 4.79 Å². The van der Waals surface area contributed by atoms with E-state index in [9.17, 15) is 13.2 Å². The van der Waals surface area contributed by atoms with Crippen molar-refractivity contribution in [3.63, 3.8) is 0 Å². The number of amides is 1. The van der Waals surface area contributed by atoms with Gasteiger partial charge in [0.1, 0.15) is 5.75 Å². The van der Waals surface area contributed by atoms with Gasteiger partial charge in [0.05, 0.1) is 11.5 Å². The highest BCUT2D eigenvalue weighted by molar-refractivity contribution is 7.89. The second kappa shape index (κ2) is 7.56. The highest BCUT2D eigenvalue weighted by atomic mass is 32.2. The Balaban J connectivity index is 1.45. The molecule has 6 nitrogen and oxygen atoms in total. The van der Waals surface area contributed by atoms with E-state index in [1.54, 1.807) is 23.1 Å². The average Bonchev–Trinajstić information content (AvgIpc) is 3.46. The molecule has 1 N–H and O–H groups in total. The third kappa shape index (κ3) is 3.91. The number of nitrogens with one attached hydrogen (secondary N) is 1. The first-order valence-electron chi connectivity index (χ1n) is 9.63. The van der Waals surface area contributed by atoms with Crippen LogP contribution in [-0.4, -0.2) is 27.5 Å². The van der Waals surface area contributed by atoms with Crippen molar-refractivity contribution in [2.45, 2.75) is 37.6 Å². The Morgan fingerprint density at radius 2 is 1.93 bits per heavy atom. The number of carbonyl (C=O) groups excluding carboxylic acids is 1. The first-order chi connectivity index (χ1) is 13.5. The molecule has 2 aromatic carbocycles. The van der Waals surface area contributed by atoms with Crippen LogP contribution >= 0.6 is 0 Å². The van der Waals surface area contributed by atoms with Crippen LogP contribution in [0.3, 0.4) is 0 Å². The van der Waals surface area contributed by atoms with E-state index in [1.807, 2.05) is 31.2 Å². The molecule has 1 aliphatic heterocycles.